The topological polar surface area (TPSA) is 143 Å². The molecule has 2 aromatic rings. The number of nitrogens with one attached hydrogen (secondary N) is 2. The molecule has 0 spiro atoms. The highest BCUT2D eigenvalue weighted by Gasteiger charge is 2.29. The van der Waals surface area contributed by atoms with Crippen molar-refractivity contribution in [3.8, 4) is 0 Å². The number of hydrazine groups is 1. The van der Waals surface area contributed by atoms with E-state index in [4.69, 9.17) is 11.6 Å². The average Bonchev–Trinajstić information content (AvgIpc) is 2.60. The van der Waals surface area contributed by atoms with Crippen molar-refractivity contribution in [2.75, 3.05) is 18.1 Å². The number of hydrazone groups is 1. The summed E-state index contributed by atoms with van der Waals surface area (Å²) in [5.74, 6) is 4.55. The van der Waals surface area contributed by atoms with Crippen LogP contribution in [0.2, 0.25) is 0 Å². The van der Waals surface area contributed by atoms with Crippen molar-refractivity contribution in [2.24, 2.45) is 16.7 Å². The van der Waals surface area contributed by atoms with E-state index in [1.807, 2.05) is 0 Å². The number of carbonyl (C=O) groups is 1. The first kappa shape index (κ1) is 23.0. The fraction of sp³-hybridized carbons (Fsp3) is 0.176. The molecule has 0 radical (unpaired) electrons. The van der Waals surface area contributed by atoms with Gasteiger partial charge in [0, 0.05) is 16.9 Å². The van der Waals surface area contributed by atoms with Crippen LogP contribution in [0.4, 0.5) is 24.5 Å². The van der Waals surface area contributed by atoms with Gasteiger partial charge >= 0.3 is 6.18 Å². The SMILES string of the molecule is CS(=O)(=O)NC(=O)CN(N)/N=C(\N)c1ccccc1Nc1ccc(C(F)(F)F)cc1. The van der Waals surface area contributed by atoms with Crippen LogP contribution in [-0.4, -0.2) is 38.1 Å². The minimum absolute atomic E-state index is 0.111. The Bertz CT molecular complexity index is 1040. The Labute approximate surface area is 170 Å². The number of rotatable bonds is 7. The number of amidine groups is 1. The molecule has 0 aromatic heterocycles. The third-order valence-corrected chi connectivity index (χ3v) is 4.13. The molecule has 13 heteroatoms. The summed E-state index contributed by atoms with van der Waals surface area (Å²) in [4.78, 5) is 11.6. The van der Waals surface area contributed by atoms with Gasteiger partial charge in [-0.3, -0.25) is 9.52 Å². The van der Waals surface area contributed by atoms with E-state index in [1.54, 1.807) is 29.0 Å². The number of amides is 1. The number of anilines is 2. The smallest absolute Gasteiger partial charge is 0.382 e. The fourth-order valence-corrected chi connectivity index (χ4v) is 2.81. The molecule has 2 aromatic carbocycles. The van der Waals surface area contributed by atoms with Gasteiger partial charge in [0.2, 0.25) is 10.0 Å². The van der Waals surface area contributed by atoms with Crippen LogP contribution in [0.5, 0.6) is 0 Å². The third-order valence-electron chi connectivity index (χ3n) is 3.54. The normalized spacial score (nSPS) is 12.4. The van der Waals surface area contributed by atoms with Gasteiger partial charge in [-0.25, -0.2) is 19.4 Å². The molecule has 0 saturated carbocycles. The molecule has 0 aliphatic heterocycles. The predicted octanol–water partition coefficient (Wildman–Crippen LogP) is 1.32. The minimum atomic E-state index is -4.44. The van der Waals surface area contributed by atoms with Crippen molar-refractivity contribution in [2.45, 2.75) is 6.18 Å². The summed E-state index contributed by atoms with van der Waals surface area (Å²) in [6.45, 7) is -0.581. The van der Waals surface area contributed by atoms with Crippen LogP contribution < -0.4 is 21.6 Å². The van der Waals surface area contributed by atoms with Crippen molar-refractivity contribution >= 4 is 33.1 Å². The summed E-state index contributed by atoms with van der Waals surface area (Å²) in [6.07, 6.45) is -3.63. The van der Waals surface area contributed by atoms with Crippen molar-refractivity contribution in [1.82, 2.24) is 9.84 Å². The Morgan fingerprint density at radius 3 is 2.30 bits per heavy atom. The number of benzene rings is 2. The zero-order chi connectivity index (χ0) is 22.5. The molecule has 0 unspecified atom stereocenters. The van der Waals surface area contributed by atoms with Crippen molar-refractivity contribution in [3.63, 3.8) is 0 Å². The number of sulfonamides is 1. The summed E-state index contributed by atoms with van der Waals surface area (Å²) >= 11 is 0. The van der Waals surface area contributed by atoms with E-state index in [2.05, 4.69) is 10.4 Å². The van der Waals surface area contributed by atoms with Crippen molar-refractivity contribution in [1.29, 1.82) is 0 Å². The molecule has 9 nitrogen and oxygen atoms in total. The molecule has 2 rings (SSSR count). The van der Waals surface area contributed by atoms with Crippen LogP contribution in [0.3, 0.4) is 0 Å². The first-order valence-electron chi connectivity index (χ1n) is 8.26. The lowest BCUT2D eigenvalue weighted by atomic mass is 10.1. The Morgan fingerprint density at radius 1 is 1.13 bits per heavy atom. The summed E-state index contributed by atoms with van der Waals surface area (Å²) in [6, 6.07) is 10.9. The minimum Gasteiger partial charge on any atom is -0.382 e. The summed E-state index contributed by atoms with van der Waals surface area (Å²) < 4.78 is 61.9. The number of carbonyl (C=O) groups excluding carboxylic acids is 1. The van der Waals surface area contributed by atoms with Crippen LogP contribution in [0, 0.1) is 0 Å². The van der Waals surface area contributed by atoms with Crippen LogP contribution >= 0.6 is 0 Å². The maximum absolute atomic E-state index is 12.7. The summed E-state index contributed by atoms with van der Waals surface area (Å²) in [5.41, 5.74) is 6.30. The second kappa shape index (κ2) is 9.00. The number of nitrogens with two attached hydrogens (primary N) is 2. The van der Waals surface area contributed by atoms with E-state index in [-0.39, 0.29) is 5.84 Å². The average molecular weight is 444 g/mol. The molecule has 6 N–H and O–H groups in total. The number of halogens is 3. The summed E-state index contributed by atoms with van der Waals surface area (Å²) in [5, 5.41) is 7.42. The fourth-order valence-electron chi connectivity index (χ4n) is 2.33. The molecule has 0 atom stereocenters. The lowest BCUT2D eigenvalue weighted by Gasteiger charge is -2.16. The molecule has 1 amide bonds. The second-order valence-electron chi connectivity index (χ2n) is 6.13. The molecule has 0 aliphatic rings. The highest BCUT2D eigenvalue weighted by molar-refractivity contribution is 7.89. The largest absolute Gasteiger partial charge is 0.416 e. The molecular formula is C17H19F3N6O3S. The van der Waals surface area contributed by atoms with E-state index in [0.29, 0.717) is 22.1 Å². The number of nitrogens with zero attached hydrogens (tertiary/aromatic N) is 2. The van der Waals surface area contributed by atoms with Crippen LogP contribution in [0.15, 0.2) is 53.6 Å². The van der Waals surface area contributed by atoms with E-state index in [1.165, 1.54) is 12.1 Å². The van der Waals surface area contributed by atoms with Crippen LogP contribution in [-0.2, 0) is 21.0 Å². The van der Waals surface area contributed by atoms with Crippen molar-refractivity contribution in [3.05, 3.63) is 59.7 Å². The number of alkyl halides is 3. The van der Waals surface area contributed by atoms with Gasteiger partial charge in [-0.2, -0.15) is 13.2 Å². The van der Waals surface area contributed by atoms with Gasteiger partial charge in [0.15, 0.2) is 5.84 Å². The molecule has 162 valence electrons. The van der Waals surface area contributed by atoms with E-state index in [9.17, 15) is 26.4 Å². The maximum atomic E-state index is 12.7. The van der Waals surface area contributed by atoms with Gasteiger partial charge < -0.3 is 11.1 Å². The number of hydrogen-bond donors (Lipinski definition) is 4. The van der Waals surface area contributed by atoms with Gasteiger partial charge in [-0.1, -0.05) is 12.1 Å². The third kappa shape index (κ3) is 6.93. The van der Waals surface area contributed by atoms with Crippen LogP contribution in [0.25, 0.3) is 0 Å². The molecule has 0 heterocycles. The molecule has 0 saturated heterocycles. The maximum Gasteiger partial charge on any atom is 0.416 e. The number of para-hydroxylation sites is 1. The Morgan fingerprint density at radius 2 is 1.73 bits per heavy atom. The first-order valence-corrected chi connectivity index (χ1v) is 10.1. The second-order valence-corrected chi connectivity index (χ2v) is 7.87. The zero-order valence-corrected chi connectivity index (χ0v) is 16.5. The molecule has 0 fully saturated rings. The van der Waals surface area contributed by atoms with Gasteiger partial charge in [0.1, 0.15) is 6.54 Å². The Hall–Kier alpha value is -3.32. The van der Waals surface area contributed by atoms with E-state index in [0.717, 1.165) is 18.4 Å². The first-order chi connectivity index (χ1) is 13.8. The highest BCUT2D eigenvalue weighted by Crippen LogP contribution is 2.30. The van der Waals surface area contributed by atoms with Gasteiger partial charge in [0.25, 0.3) is 5.91 Å². The molecular weight excluding hydrogens is 425 g/mol. The predicted molar refractivity (Wildman–Crippen MR) is 106 cm³/mol. The Balaban J connectivity index is 2.17. The highest BCUT2D eigenvalue weighted by atomic mass is 32.2. The van der Waals surface area contributed by atoms with Gasteiger partial charge in [0.05, 0.1) is 11.8 Å². The quantitative estimate of drug-likeness (QED) is 0.218. The van der Waals surface area contributed by atoms with Crippen molar-refractivity contribution < 1.29 is 26.4 Å². The van der Waals surface area contributed by atoms with Gasteiger partial charge in [-0.15, -0.1) is 5.10 Å². The Kier molecular flexibility index (Phi) is 6.89. The lowest BCUT2D eigenvalue weighted by Crippen LogP contribution is -2.41. The zero-order valence-electron chi connectivity index (χ0n) is 15.6. The van der Waals surface area contributed by atoms with Crippen LogP contribution in [0.1, 0.15) is 11.1 Å². The molecule has 30 heavy (non-hydrogen) atoms. The molecule has 0 aliphatic carbocycles. The lowest BCUT2D eigenvalue weighted by molar-refractivity contribution is -0.137. The van der Waals surface area contributed by atoms with E-state index >= 15 is 0 Å². The van der Waals surface area contributed by atoms with E-state index < -0.39 is 34.2 Å². The monoisotopic (exact) mass is 444 g/mol. The summed E-state index contributed by atoms with van der Waals surface area (Å²) in [7, 11) is -3.75. The number of hydrogen-bond acceptors (Lipinski definition) is 7. The molecule has 0 bridgehead atoms. The standard InChI is InChI=1S/C17H19F3N6O3S/c1-30(28,29)25-15(27)10-26(22)24-16(21)13-4-2-3-5-14(13)23-12-8-6-11(7-9-12)17(18,19)20/h2-9,23H,10,22H2,1H3,(H2,21,24)(H,25,27). The van der Waals surface area contributed by atoms with Gasteiger partial charge in [-0.05, 0) is 36.4 Å².